The van der Waals surface area contributed by atoms with Crippen molar-refractivity contribution in [2.24, 2.45) is 0 Å². The fourth-order valence-electron chi connectivity index (χ4n) is 1.68. The van der Waals surface area contributed by atoms with Crippen molar-refractivity contribution in [1.29, 1.82) is 0 Å². The van der Waals surface area contributed by atoms with E-state index >= 15 is 0 Å². The van der Waals surface area contributed by atoms with E-state index in [0.717, 1.165) is 0 Å². The zero-order chi connectivity index (χ0) is 23.7. The molecular weight excluding hydrogens is 454 g/mol. The fourth-order valence-corrected chi connectivity index (χ4v) is 1.68. The lowest BCUT2D eigenvalue weighted by molar-refractivity contribution is -0.440. The lowest BCUT2D eigenvalue weighted by atomic mass is 9.91. The molecule has 0 fully saturated rings. The molecule has 0 aliphatic carbocycles. The summed E-state index contributed by atoms with van der Waals surface area (Å²) >= 11 is 0. The summed E-state index contributed by atoms with van der Waals surface area (Å²) in [7, 11) is 0. The number of rotatable bonds is 10. The molecular formula is C13H10F14O2. The Bertz CT molecular complexity index is 595. The van der Waals surface area contributed by atoms with Gasteiger partial charge in [-0.05, 0) is 6.42 Å². The molecule has 0 amide bonds. The van der Waals surface area contributed by atoms with Gasteiger partial charge in [0.1, 0.15) is 0 Å². The number of esters is 1. The van der Waals surface area contributed by atoms with E-state index in [1.165, 1.54) is 0 Å². The second-order valence-electron chi connectivity index (χ2n) is 5.44. The highest BCUT2D eigenvalue weighted by atomic mass is 19.4. The lowest BCUT2D eigenvalue weighted by Crippen LogP contribution is -2.70. The van der Waals surface area contributed by atoms with Crippen molar-refractivity contribution in [1.82, 2.24) is 0 Å². The normalized spacial score (nSPS) is 15.8. The van der Waals surface area contributed by atoms with E-state index in [-0.39, 0.29) is 0 Å². The molecule has 0 spiro atoms. The third-order valence-corrected chi connectivity index (χ3v) is 3.33. The average molecular weight is 464 g/mol. The van der Waals surface area contributed by atoms with Gasteiger partial charge in [-0.25, -0.2) is 9.18 Å². The van der Waals surface area contributed by atoms with Gasteiger partial charge in [-0.15, -0.1) is 0 Å². The van der Waals surface area contributed by atoms with E-state index in [9.17, 15) is 66.3 Å². The first kappa shape index (κ1) is 27.2. The van der Waals surface area contributed by atoms with Gasteiger partial charge in [0.15, 0.2) is 0 Å². The van der Waals surface area contributed by atoms with Gasteiger partial charge in [0.2, 0.25) is 6.36 Å². The van der Waals surface area contributed by atoms with Crippen LogP contribution in [-0.4, -0.2) is 48.1 Å². The number of carbonyl (C=O) groups is 1. The standard InChI is InChI=1S/C13H10F14O2/c1-2-7(28)29-6(14)4-3-5-8(15,16)9(17,18)10(19,20)11(21,22)12(23,24)13(25,26)27/h2,6H,1,3-5H2. The Morgan fingerprint density at radius 1 is 0.793 bits per heavy atom. The van der Waals surface area contributed by atoms with Crippen LogP contribution in [0.1, 0.15) is 19.3 Å². The van der Waals surface area contributed by atoms with Gasteiger partial charge in [-0.2, -0.15) is 57.1 Å². The van der Waals surface area contributed by atoms with Crippen LogP contribution >= 0.6 is 0 Å². The summed E-state index contributed by atoms with van der Waals surface area (Å²) in [6.07, 6.45) is -15.3. The summed E-state index contributed by atoms with van der Waals surface area (Å²) in [5, 5.41) is 0. The predicted octanol–water partition coefficient (Wildman–Crippen LogP) is 5.92. The summed E-state index contributed by atoms with van der Waals surface area (Å²) in [6, 6.07) is 0. The molecule has 0 aliphatic rings. The van der Waals surface area contributed by atoms with E-state index in [1.54, 1.807) is 0 Å². The second-order valence-corrected chi connectivity index (χ2v) is 5.44. The predicted molar refractivity (Wildman–Crippen MR) is 65.8 cm³/mol. The summed E-state index contributed by atoms with van der Waals surface area (Å²) in [5.74, 6) is -38.8. The largest absolute Gasteiger partial charge is 0.460 e. The molecule has 2 nitrogen and oxygen atoms in total. The minimum atomic E-state index is -7.98. The van der Waals surface area contributed by atoms with Crippen molar-refractivity contribution in [3.05, 3.63) is 12.7 Å². The van der Waals surface area contributed by atoms with Crippen molar-refractivity contribution >= 4 is 5.97 Å². The molecule has 29 heavy (non-hydrogen) atoms. The van der Waals surface area contributed by atoms with E-state index in [2.05, 4.69) is 11.3 Å². The van der Waals surface area contributed by atoms with Gasteiger partial charge in [0.05, 0.1) is 0 Å². The third kappa shape index (κ3) is 4.87. The monoisotopic (exact) mass is 464 g/mol. The molecule has 0 aromatic rings. The van der Waals surface area contributed by atoms with Gasteiger partial charge >= 0.3 is 41.8 Å². The van der Waals surface area contributed by atoms with Gasteiger partial charge in [0.25, 0.3) is 0 Å². The second kappa shape index (κ2) is 8.16. The molecule has 1 unspecified atom stereocenters. The quantitative estimate of drug-likeness (QED) is 0.228. The number of hydrogen-bond donors (Lipinski definition) is 0. The Hall–Kier alpha value is -1.77. The van der Waals surface area contributed by atoms with Gasteiger partial charge in [0, 0.05) is 18.9 Å². The van der Waals surface area contributed by atoms with Crippen molar-refractivity contribution in [2.45, 2.75) is 61.4 Å². The van der Waals surface area contributed by atoms with Gasteiger partial charge < -0.3 is 4.74 Å². The maximum Gasteiger partial charge on any atom is 0.460 e. The summed E-state index contributed by atoms with van der Waals surface area (Å²) in [6.45, 7) is 2.80. The molecule has 0 heterocycles. The summed E-state index contributed by atoms with van der Waals surface area (Å²) in [5.41, 5.74) is 0. The minimum Gasteiger partial charge on any atom is -0.428 e. The van der Waals surface area contributed by atoms with Crippen LogP contribution in [0.15, 0.2) is 12.7 Å². The minimum absolute atomic E-state index is 0.388. The molecule has 0 saturated carbocycles. The molecule has 0 bridgehead atoms. The number of halogens is 14. The van der Waals surface area contributed by atoms with E-state index in [1.807, 2.05) is 0 Å². The van der Waals surface area contributed by atoms with Crippen LogP contribution in [0.2, 0.25) is 0 Å². The van der Waals surface area contributed by atoms with Crippen LogP contribution < -0.4 is 0 Å². The third-order valence-electron chi connectivity index (χ3n) is 3.33. The Labute approximate surface area is 152 Å². The smallest absolute Gasteiger partial charge is 0.428 e. The Morgan fingerprint density at radius 2 is 1.21 bits per heavy atom. The highest BCUT2D eigenvalue weighted by Gasteiger charge is 2.90. The number of carbonyl (C=O) groups excluding carboxylic acids is 1. The van der Waals surface area contributed by atoms with E-state index in [4.69, 9.17) is 0 Å². The lowest BCUT2D eigenvalue weighted by Gasteiger charge is -2.39. The molecule has 0 N–H and O–H groups in total. The maximum atomic E-state index is 13.4. The van der Waals surface area contributed by atoms with Crippen molar-refractivity contribution < 1.29 is 71.0 Å². The molecule has 0 aromatic carbocycles. The number of hydrogen-bond acceptors (Lipinski definition) is 2. The Kier molecular flexibility index (Phi) is 7.66. The molecule has 1 atom stereocenters. The summed E-state index contributed by atoms with van der Waals surface area (Å²) in [4.78, 5) is 10.6. The van der Waals surface area contributed by atoms with Crippen LogP contribution in [-0.2, 0) is 9.53 Å². The average Bonchev–Trinajstić information content (AvgIpc) is 2.52. The van der Waals surface area contributed by atoms with Gasteiger partial charge in [-0.3, -0.25) is 0 Å². The molecule has 172 valence electrons. The highest BCUT2D eigenvalue weighted by molar-refractivity contribution is 5.81. The summed E-state index contributed by atoms with van der Waals surface area (Å²) < 4.78 is 183. The van der Waals surface area contributed by atoms with Crippen molar-refractivity contribution in [2.75, 3.05) is 0 Å². The van der Waals surface area contributed by atoms with Crippen molar-refractivity contribution in [3.8, 4) is 0 Å². The highest BCUT2D eigenvalue weighted by Crippen LogP contribution is 2.60. The number of alkyl halides is 14. The van der Waals surface area contributed by atoms with Crippen LogP contribution in [0.3, 0.4) is 0 Å². The Balaban J connectivity index is 5.60. The SMILES string of the molecule is C=CC(=O)OC(F)CCCC(F)(F)C(F)(F)C(F)(F)C(F)(F)C(F)(F)C(F)(F)F. The zero-order valence-corrected chi connectivity index (χ0v) is 13.6. The first-order chi connectivity index (χ1) is 12.6. The van der Waals surface area contributed by atoms with E-state index < -0.39 is 67.4 Å². The van der Waals surface area contributed by atoms with E-state index in [0.29, 0.717) is 6.08 Å². The van der Waals surface area contributed by atoms with Crippen LogP contribution in [0.25, 0.3) is 0 Å². The topological polar surface area (TPSA) is 26.3 Å². The first-order valence-corrected chi connectivity index (χ1v) is 7.03. The molecule has 0 saturated heterocycles. The van der Waals surface area contributed by atoms with Crippen LogP contribution in [0, 0.1) is 0 Å². The Morgan fingerprint density at radius 3 is 1.59 bits per heavy atom. The fraction of sp³-hybridized carbons (Fsp3) is 0.769. The zero-order valence-electron chi connectivity index (χ0n) is 13.6. The molecule has 0 aromatic heterocycles. The molecule has 16 heteroatoms. The molecule has 0 radical (unpaired) electrons. The molecule has 0 aliphatic heterocycles. The maximum absolute atomic E-state index is 13.4. The van der Waals surface area contributed by atoms with Crippen molar-refractivity contribution in [3.63, 3.8) is 0 Å². The van der Waals surface area contributed by atoms with Crippen LogP contribution in [0.5, 0.6) is 0 Å². The molecule has 0 rings (SSSR count). The first-order valence-electron chi connectivity index (χ1n) is 7.03. The van der Waals surface area contributed by atoms with Gasteiger partial charge in [-0.1, -0.05) is 6.58 Å². The number of ether oxygens (including phenoxy) is 1. The van der Waals surface area contributed by atoms with Crippen LogP contribution in [0.4, 0.5) is 61.5 Å².